The number of amides is 2. The Labute approximate surface area is 168 Å². The molecule has 1 heterocycles. The van der Waals surface area contributed by atoms with Crippen molar-refractivity contribution in [2.45, 2.75) is 6.54 Å². The molecule has 0 radical (unpaired) electrons. The van der Waals surface area contributed by atoms with E-state index >= 15 is 0 Å². The molecule has 2 aromatic carbocycles. The third-order valence-corrected chi connectivity index (χ3v) is 3.99. The van der Waals surface area contributed by atoms with Crippen LogP contribution >= 0.6 is 0 Å². The molecule has 152 valence electrons. The maximum atomic E-state index is 12.4. The lowest BCUT2D eigenvalue weighted by Crippen LogP contribution is -2.22. The maximum Gasteiger partial charge on any atom is 0.277 e. The Morgan fingerprint density at radius 1 is 0.867 bits per heavy atom. The molecule has 11 heteroatoms. The molecule has 0 bridgehead atoms. The summed E-state index contributed by atoms with van der Waals surface area (Å²) in [5, 5.41) is 27.0. The normalized spacial score (nSPS) is 10.3. The first-order valence-electron chi connectivity index (χ1n) is 8.49. The molecule has 30 heavy (non-hydrogen) atoms. The monoisotopic (exact) mass is 410 g/mol. The van der Waals surface area contributed by atoms with Crippen LogP contribution < -0.4 is 10.6 Å². The van der Waals surface area contributed by atoms with E-state index in [-0.39, 0.29) is 18.0 Å². The number of non-ortho nitro benzene ring substituents is 2. The Bertz CT molecular complexity index is 1080. The summed E-state index contributed by atoms with van der Waals surface area (Å²) in [4.78, 5) is 44.8. The van der Waals surface area contributed by atoms with E-state index in [4.69, 9.17) is 4.42 Å². The molecule has 2 amide bonds. The summed E-state index contributed by atoms with van der Waals surface area (Å²) in [5.74, 6) is -0.520. The van der Waals surface area contributed by atoms with Crippen molar-refractivity contribution in [3.63, 3.8) is 0 Å². The first kappa shape index (κ1) is 20.2. The van der Waals surface area contributed by atoms with Gasteiger partial charge >= 0.3 is 0 Å². The van der Waals surface area contributed by atoms with Crippen molar-refractivity contribution in [3.05, 3.63) is 98.0 Å². The van der Waals surface area contributed by atoms with Crippen LogP contribution in [0.5, 0.6) is 0 Å². The summed E-state index contributed by atoms with van der Waals surface area (Å²) in [7, 11) is 0. The molecule has 0 atom stereocenters. The first-order chi connectivity index (χ1) is 14.3. The molecule has 0 saturated carbocycles. The topological polar surface area (TPSA) is 158 Å². The number of furan rings is 1. The van der Waals surface area contributed by atoms with Crippen LogP contribution in [0, 0.1) is 20.2 Å². The lowest BCUT2D eigenvalue weighted by Gasteiger charge is -2.07. The van der Waals surface area contributed by atoms with Crippen LogP contribution in [0.3, 0.4) is 0 Å². The van der Waals surface area contributed by atoms with Gasteiger partial charge in [-0.15, -0.1) is 0 Å². The van der Waals surface area contributed by atoms with E-state index in [0.717, 1.165) is 18.2 Å². The van der Waals surface area contributed by atoms with Crippen molar-refractivity contribution in [3.8, 4) is 0 Å². The lowest BCUT2D eigenvalue weighted by atomic mass is 10.1. The summed E-state index contributed by atoms with van der Waals surface area (Å²) in [6, 6.07) is 12.0. The number of hydrogen-bond donors (Lipinski definition) is 2. The van der Waals surface area contributed by atoms with Crippen molar-refractivity contribution >= 4 is 28.9 Å². The number of rotatable bonds is 7. The van der Waals surface area contributed by atoms with Gasteiger partial charge in [-0.3, -0.25) is 29.8 Å². The highest BCUT2D eigenvalue weighted by atomic mass is 16.6. The van der Waals surface area contributed by atoms with E-state index in [1.54, 1.807) is 12.1 Å². The van der Waals surface area contributed by atoms with Gasteiger partial charge < -0.3 is 15.1 Å². The van der Waals surface area contributed by atoms with E-state index in [9.17, 15) is 29.8 Å². The fourth-order valence-electron chi connectivity index (χ4n) is 2.53. The third-order valence-electron chi connectivity index (χ3n) is 3.99. The van der Waals surface area contributed by atoms with Gasteiger partial charge in [0.05, 0.1) is 34.3 Å². The number of hydrogen-bond acceptors (Lipinski definition) is 7. The number of nitro groups is 2. The van der Waals surface area contributed by atoms with Crippen molar-refractivity contribution in [1.29, 1.82) is 0 Å². The van der Waals surface area contributed by atoms with Gasteiger partial charge in [0.1, 0.15) is 5.76 Å². The van der Waals surface area contributed by atoms with Gasteiger partial charge in [0.15, 0.2) is 0 Å². The van der Waals surface area contributed by atoms with E-state index in [0.29, 0.717) is 17.0 Å². The van der Waals surface area contributed by atoms with E-state index in [2.05, 4.69) is 10.6 Å². The van der Waals surface area contributed by atoms with Crippen LogP contribution in [0.25, 0.3) is 0 Å². The molecule has 0 aliphatic heterocycles. The number of benzene rings is 2. The fourth-order valence-corrected chi connectivity index (χ4v) is 2.53. The number of carbonyl (C=O) groups excluding carboxylic acids is 2. The quantitative estimate of drug-likeness (QED) is 0.447. The predicted octanol–water partition coefficient (Wildman–Crippen LogP) is 3.28. The van der Waals surface area contributed by atoms with Gasteiger partial charge in [-0.2, -0.15) is 0 Å². The molecule has 2 N–H and O–H groups in total. The smallest absolute Gasteiger partial charge is 0.277 e. The van der Waals surface area contributed by atoms with Gasteiger partial charge in [-0.25, -0.2) is 0 Å². The molecular weight excluding hydrogens is 396 g/mol. The van der Waals surface area contributed by atoms with E-state index < -0.39 is 27.1 Å². The molecule has 0 aliphatic rings. The number of nitrogens with one attached hydrogen (secondary N) is 2. The van der Waals surface area contributed by atoms with E-state index in [1.165, 1.54) is 30.5 Å². The Morgan fingerprint density at radius 2 is 1.50 bits per heavy atom. The Kier molecular flexibility index (Phi) is 5.82. The van der Waals surface area contributed by atoms with Crippen LogP contribution in [-0.4, -0.2) is 21.7 Å². The molecule has 1 aromatic heterocycles. The second-order valence-electron chi connectivity index (χ2n) is 6.05. The lowest BCUT2D eigenvalue weighted by molar-refractivity contribution is -0.394. The van der Waals surface area contributed by atoms with Gasteiger partial charge in [0, 0.05) is 23.4 Å². The third kappa shape index (κ3) is 4.84. The first-order valence-corrected chi connectivity index (χ1v) is 8.49. The molecule has 0 fully saturated rings. The summed E-state index contributed by atoms with van der Waals surface area (Å²) < 4.78 is 5.12. The number of nitrogens with zero attached hydrogens (tertiary/aromatic N) is 2. The van der Waals surface area contributed by atoms with Crippen molar-refractivity contribution < 1.29 is 23.9 Å². The summed E-state index contributed by atoms with van der Waals surface area (Å²) in [6.45, 7) is 0.218. The van der Waals surface area contributed by atoms with Crippen LogP contribution in [0.15, 0.2) is 65.3 Å². The van der Waals surface area contributed by atoms with Crippen molar-refractivity contribution in [2.75, 3.05) is 5.32 Å². The molecule has 3 rings (SSSR count). The van der Waals surface area contributed by atoms with Crippen LogP contribution in [-0.2, 0) is 6.54 Å². The molecule has 0 spiro atoms. The maximum absolute atomic E-state index is 12.4. The van der Waals surface area contributed by atoms with Crippen molar-refractivity contribution in [1.82, 2.24) is 5.32 Å². The van der Waals surface area contributed by atoms with Crippen LogP contribution in [0.1, 0.15) is 26.5 Å². The van der Waals surface area contributed by atoms with Gasteiger partial charge in [0.2, 0.25) is 0 Å². The summed E-state index contributed by atoms with van der Waals surface area (Å²) in [6.07, 6.45) is 1.49. The average molecular weight is 410 g/mol. The zero-order valence-electron chi connectivity index (χ0n) is 15.2. The number of nitro benzene ring substituents is 2. The van der Waals surface area contributed by atoms with Crippen LogP contribution in [0.2, 0.25) is 0 Å². The summed E-state index contributed by atoms with van der Waals surface area (Å²) >= 11 is 0. The largest absolute Gasteiger partial charge is 0.467 e. The second kappa shape index (κ2) is 8.65. The predicted molar refractivity (Wildman–Crippen MR) is 104 cm³/mol. The highest BCUT2D eigenvalue weighted by molar-refractivity contribution is 6.05. The molecule has 0 saturated heterocycles. The Morgan fingerprint density at radius 3 is 2.03 bits per heavy atom. The van der Waals surface area contributed by atoms with Crippen molar-refractivity contribution in [2.24, 2.45) is 0 Å². The molecule has 11 nitrogen and oxygen atoms in total. The van der Waals surface area contributed by atoms with E-state index in [1.807, 2.05) is 0 Å². The fraction of sp³-hybridized carbons (Fsp3) is 0.0526. The Balaban J connectivity index is 1.69. The molecule has 3 aromatic rings. The highest BCUT2D eigenvalue weighted by Gasteiger charge is 2.20. The highest BCUT2D eigenvalue weighted by Crippen LogP contribution is 2.23. The number of anilines is 1. The second-order valence-corrected chi connectivity index (χ2v) is 6.05. The minimum atomic E-state index is -0.820. The zero-order chi connectivity index (χ0) is 21.7. The zero-order valence-corrected chi connectivity index (χ0v) is 15.2. The average Bonchev–Trinajstić information content (AvgIpc) is 3.25. The molecule has 0 aliphatic carbocycles. The number of carbonyl (C=O) groups is 2. The minimum Gasteiger partial charge on any atom is -0.467 e. The van der Waals surface area contributed by atoms with Gasteiger partial charge in [-0.1, -0.05) is 0 Å². The molecular formula is C19H14N4O7. The summed E-state index contributed by atoms with van der Waals surface area (Å²) in [5.41, 5.74) is -0.741. The van der Waals surface area contributed by atoms with Gasteiger partial charge in [-0.05, 0) is 36.4 Å². The SMILES string of the molecule is O=C(NCc1ccco1)c1ccc(NC(=O)c2cc([N+](=O)[O-])cc([N+](=O)[O-])c2)cc1. The Hall–Kier alpha value is -4.54. The van der Waals surface area contributed by atoms with Gasteiger partial charge in [0.25, 0.3) is 23.2 Å². The standard InChI is InChI=1S/C19H14N4O7/c24-18(20-11-17-2-1-7-30-17)12-3-5-14(6-4-12)21-19(25)13-8-15(22(26)27)10-16(9-13)23(28)29/h1-10H,11H2,(H,20,24)(H,21,25). The molecule has 0 unspecified atom stereocenters. The van der Waals surface area contributed by atoms with Crippen LogP contribution in [0.4, 0.5) is 17.1 Å². The minimum absolute atomic E-state index is 0.218.